The van der Waals surface area contributed by atoms with E-state index in [0.717, 1.165) is 28.6 Å². The summed E-state index contributed by atoms with van der Waals surface area (Å²) in [6.07, 6.45) is 2.48. The maximum Gasteiger partial charge on any atom is 0.283 e. The molecule has 1 N–H and O–H groups in total. The molecule has 2 heterocycles. The second kappa shape index (κ2) is 9.61. The number of hydrogen-bond acceptors (Lipinski definition) is 8. The van der Waals surface area contributed by atoms with E-state index in [-0.39, 0.29) is 27.6 Å². The van der Waals surface area contributed by atoms with E-state index in [9.17, 15) is 13.2 Å². The number of amides is 1. The first kappa shape index (κ1) is 24.0. The summed E-state index contributed by atoms with van der Waals surface area (Å²) in [6, 6.07) is 12.4. The number of sulfone groups is 1. The molecule has 2 aliphatic rings. The van der Waals surface area contributed by atoms with E-state index < -0.39 is 15.7 Å². The first-order valence-electron chi connectivity index (χ1n) is 10.0. The molecule has 0 aliphatic carbocycles. The van der Waals surface area contributed by atoms with Gasteiger partial charge in [0.15, 0.2) is 17.3 Å². The van der Waals surface area contributed by atoms with E-state index in [1.54, 1.807) is 24.3 Å². The quantitative estimate of drug-likeness (QED) is 0.575. The highest BCUT2D eigenvalue weighted by atomic mass is 35.5. The number of benzene rings is 2. The highest BCUT2D eigenvalue weighted by Crippen LogP contribution is 2.33. The maximum absolute atomic E-state index is 12.6. The molecule has 12 heteroatoms. The lowest BCUT2D eigenvalue weighted by atomic mass is 10.1. The van der Waals surface area contributed by atoms with Crippen LogP contribution in [-0.2, 0) is 21.2 Å². The van der Waals surface area contributed by atoms with Crippen molar-refractivity contribution in [3.8, 4) is 11.5 Å². The number of rotatable bonds is 6. The van der Waals surface area contributed by atoms with Gasteiger partial charge in [-0.05, 0) is 48.5 Å². The summed E-state index contributed by atoms with van der Waals surface area (Å²) >= 11 is 6.93. The number of hydrogen-bond donors (Lipinski definition) is 1. The third-order valence-corrected chi connectivity index (χ3v) is 7.62. The zero-order valence-electron chi connectivity index (χ0n) is 18.1. The molecule has 0 unspecified atom stereocenters. The average molecular weight is 519 g/mol. The Morgan fingerprint density at radius 3 is 2.65 bits per heavy atom. The number of nitrogens with zero attached hydrogens (tertiary/aromatic N) is 3. The summed E-state index contributed by atoms with van der Waals surface area (Å²) < 4.78 is 35.0. The molecule has 4 rings (SSSR count). The minimum Gasteiger partial charge on any atom is -0.490 e. The van der Waals surface area contributed by atoms with E-state index in [4.69, 9.17) is 26.5 Å². The van der Waals surface area contributed by atoms with Crippen molar-refractivity contribution in [3.63, 3.8) is 0 Å². The molecular weight excluding hydrogens is 500 g/mol. The van der Waals surface area contributed by atoms with Gasteiger partial charge in [0.05, 0.1) is 12.2 Å². The largest absolute Gasteiger partial charge is 0.490 e. The van der Waals surface area contributed by atoms with Crippen LogP contribution in [0.15, 0.2) is 58.1 Å². The molecule has 1 amide bonds. The molecule has 0 saturated carbocycles. The van der Waals surface area contributed by atoms with Gasteiger partial charge in [0.25, 0.3) is 5.91 Å². The summed E-state index contributed by atoms with van der Waals surface area (Å²) in [6.45, 7) is 2.47. The van der Waals surface area contributed by atoms with Gasteiger partial charge in [-0.1, -0.05) is 35.9 Å². The van der Waals surface area contributed by atoms with Crippen molar-refractivity contribution in [2.24, 2.45) is 10.1 Å². The van der Waals surface area contributed by atoms with Crippen LogP contribution < -0.4 is 9.47 Å². The Balaban J connectivity index is 1.61. The summed E-state index contributed by atoms with van der Waals surface area (Å²) in [5.41, 5.74) is 1.36. The van der Waals surface area contributed by atoms with Crippen LogP contribution in [0, 0.1) is 5.41 Å². The number of carbonyl (C=O) groups is 1. The predicted octanol–water partition coefficient (Wildman–Crippen LogP) is 3.94. The Labute approximate surface area is 205 Å². The number of ether oxygens (including phenoxy) is 2. The first-order chi connectivity index (χ1) is 16.2. The smallest absolute Gasteiger partial charge is 0.283 e. The van der Waals surface area contributed by atoms with Crippen LogP contribution in [0.5, 0.6) is 11.5 Å². The van der Waals surface area contributed by atoms with Crippen LogP contribution in [0.2, 0.25) is 5.02 Å². The topological polar surface area (TPSA) is 121 Å². The average Bonchev–Trinajstić information content (AvgIpc) is 3.22. The van der Waals surface area contributed by atoms with Gasteiger partial charge in [0.1, 0.15) is 6.61 Å². The first-order valence-corrected chi connectivity index (χ1v) is 13.1. The van der Waals surface area contributed by atoms with Crippen molar-refractivity contribution in [1.82, 2.24) is 5.01 Å². The SMILES string of the molecule is CCOc1cc(/C=C2/C(=N)N3N=C(S(C)(=O)=O)SC3=NC2=O)ccc1OCc1ccccc1Cl. The lowest BCUT2D eigenvalue weighted by Crippen LogP contribution is -2.35. The van der Waals surface area contributed by atoms with Gasteiger partial charge >= 0.3 is 0 Å². The highest BCUT2D eigenvalue weighted by Gasteiger charge is 2.38. The van der Waals surface area contributed by atoms with E-state index >= 15 is 0 Å². The molecule has 0 radical (unpaired) electrons. The molecule has 0 aromatic heterocycles. The molecule has 0 atom stereocenters. The van der Waals surface area contributed by atoms with Crippen molar-refractivity contribution in [1.29, 1.82) is 5.41 Å². The van der Waals surface area contributed by atoms with E-state index in [1.165, 1.54) is 6.08 Å². The molecule has 2 aliphatic heterocycles. The lowest BCUT2D eigenvalue weighted by molar-refractivity contribution is -0.114. The van der Waals surface area contributed by atoms with E-state index in [0.29, 0.717) is 28.7 Å². The van der Waals surface area contributed by atoms with Gasteiger partial charge in [-0.3, -0.25) is 10.2 Å². The summed E-state index contributed by atoms with van der Waals surface area (Å²) in [4.78, 5) is 16.5. The number of hydrazone groups is 1. The number of carbonyl (C=O) groups excluding carboxylic acids is 1. The van der Waals surface area contributed by atoms with Gasteiger partial charge in [0, 0.05) is 16.8 Å². The predicted molar refractivity (Wildman–Crippen MR) is 133 cm³/mol. The van der Waals surface area contributed by atoms with Gasteiger partial charge < -0.3 is 9.47 Å². The van der Waals surface area contributed by atoms with Gasteiger partial charge in [-0.2, -0.15) is 10.0 Å². The van der Waals surface area contributed by atoms with Crippen molar-refractivity contribution in [2.75, 3.05) is 12.9 Å². The molecule has 176 valence electrons. The van der Waals surface area contributed by atoms with Gasteiger partial charge in [-0.15, -0.1) is 5.10 Å². The Morgan fingerprint density at radius 2 is 1.94 bits per heavy atom. The van der Waals surface area contributed by atoms with Crippen molar-refractivity contribution in [3.05, 3.63) is 64.2 Å². The number of nitrogens with one attached hydrogen (secondary N) is 1. The van der Waals surface area contributed by atoms with Crippen molar-refractivity contribution < 1.29 is 22.7 Å². The molecule has 2 aromatic carbocycles. The van der Waals surface area contributed by atoms with Crippen LogP contribution in [0.4, 0.5) is 0 Å². The number of thioether (sulfide) groups is 1. The monoisotopic (exact) mass is 518 g/mol. The Hall–Kier alpha value is -3.15. The zero-order chi connectivity index (χ0) is 24.5. The summed E-state index contributed by atoms with van der Waals surface area (Å²) in [7, 11) is -3.60. The van der Waals surface area contributed by atoms with Crippen LogP contribution in [0.3, 0.4) is 0 Å². The Kier molecular flexibility index (Phi) is 6.78. The number of fused-ring (bicyclic) bond motifs is 1. The van der Waals surface area contributed by atoms with Crippen LogP contribution >= 0.6 is 23.4 Å². The van der Waals surface area contributed by atoms with Crippen LogP contribution in [0.25, 0.3) is 6.08 Å². The normalized spacial score (nSPS) is 16.9. The molecule has 2 aromatic rings. The zero-order valence-corrected chi connectivity index (χ0v) is 20.5. The summed E-state index contributed by atoms with van der Waals surface area (Å²) in [5.74, 6) is 0.0217. The third kappa shape index (κ3) is 5.01. The molecule has 34 heavy (non-hydrogen) atoms. The van der Waals surface area contributed by atoms with Crippen molar-refractivity contribution in [2.45, 2.75) is 13.5 Å². The van der Waals surface area contributed by atoms with Crippen LogP contribution in [-0.4, -0.2) is 47.6 Å². The van der Waals surface area contributed by atoms with Crippen LogP contribution in [0.1, 0.15) is 18.1 Å². The fraction of sp³-hybridized carbons (Fsp3) is 0.182. The van der Waals surface area contributed by atoms with Gasteiger partial charge in [0.2, 0.25) is 19.4 Å². The van der Waals surface area contributed by atoms with E-state index in [2.05, 4.69) is 10.1 Å². The molecule has 0 saturated heterocycles. The number of halogens is 1. The number of amidine groups is 2. The van der Waals surface area contributed by atoms with Gasteiger partial charge in [-0.25, -0.2) is 8.42 Å². The maximum atomic E-state index is 12.6. The molecule has 9 nitrogen and oxygen atoms in total. The summed E-state index contributed by atoms with van der Waals surface area (Å²) in [5, 5.41) is 14.0. The highest BCUT2D eigenvalue weighted by molar-refractivity contribution is 8.42. The fourth-order valence-corrected chi connectivity index (χ4v) is 4.94. The molecule has 0 spiro atoms. The Morgan fingerprint density at radius 1 is 1.18 bits per heavy atom. The molecule has 0 fully saturated rings. The van der Waals surface area contributed by atoms with Crippen molar-refractivity contribution >= 4 is 60.6 Å². The molecule has 0 bridgehead atoms. The molecular formula is C22H19ClN4O5S2. The minimum atomic E-state index is -3.60. The Bertz CT molecular complexity index is 1390. The van der Waals surface area contributed by atoms with E-state index in [1.807, 2.05) is 25.1 Å². The minimum absolute atomic E-state index is 0.0324. The number of aliphatic imine (C=N–C) groups is 1. The third-order valence-electron chi connectivity index (χ3n) is 4.67. The standard InChI is InChI=1S/C22H19ClN4O5S2/c1-3-31-18-11-13(8-9-17(18)32-12-14-6-4-5-7-16(14)23)10-15-19(24)27-21(25-20(15)28)33-22(26-27)34(2,29)30/h4-11,24H,3,12H2,1-2H3/b15-10-,24-19?. The second-order valence-corrected chi connectivity index (χ2v) is 10.7. The second-order valence-electron chi connectivity index (χ2n) is 7.18. The lowest BCUT2D eigenvalue weighted by Gasteiger charge is -2.20. The fourth-order valence-electron chi connectivity index (χ4n) is 3.06.